The van der Waals surface area contributed by atoms with Crippen molar-refractivity contribution in [2.75, 3.05) is 13.6 Å². The van der Waals surface area contributed by atoms with Crippen LogP contribution in [0.3, 0.4) is 0 Å². The van der Waals surface area contributed by atoms with Crippen molar-refractivity contribution in [2.24, 2.45) is 0 Å². The van der Waals surface area contributed by atoms with Gasteiger partial charge >= 0.3 is 0 Å². The topological polar surface area (TPSA) is 23.5 Å². The van der Waals surface area contributed by atoms with E-state index in [1.165, 1.54) is 5.56 Å². The van der Waals surface area contributed by atoms with Crippen LogP contribution in [0.25, 0.3) is 0 Å². The lowest BCUT2D eigenvalue weighted by Gasteiger charge is -2.19. The van der Waals surface area contributed by atoms with Crippen LogP contribution in [-0.2, 0) is 6.54 Å². The average molecular weight is 369 g/mol. The predicted molar refractivity (Wildman–Crippen MR) is 91.5 cm³/mol. The van der Waals surface area contributed by atoms with E-state index in [0.717, 1.165) is 23.1 Å². The molecule has 1 unspecified atom stereocenters. The molecule has 0 amide bonds. The summed E-state index contributed by atoms with van der Waals surface area (Å²) >= 11 is 9.43. The predicted octanol–water partition coefficient (Wildman–Crippen LogP) is 4.66. The lowest BCUT2D eigenvalue weighted by atomic mass is 10.1. The number of benzene rings is 2. The van der Waals surface area contributed by atoms with Gasteiger partial charge in [0.25, 0.3) is 0 Å². The molecule has 0 spiro atoms. The number of aliphatic hydroxyl groups is 1. The van der Waals surface area contributed by atoms with E-state index < -0.39 is 6.10 Å². The van der Waals surface area contributed by atoms with Gasteiger partial charge in [0.1, 0.15) is 0 Å². The molecule has 0 aliphatic rings. The monoisotopic (exact) mass is 367 g/mol. The van der Waals surface area contributed by atoms with Gasteiger partial charge in [-0.15, -0.1) is 0 Å². The number of rotatable bonds is 6. The van der Waals surface area contributed by atoms with Crippen molar-refractivity contribution in [3.63, 3.8) is 0 Å². The van der Waals surface area contributed by atoms with Gasteiger partial charge in [0.15, 0.2) is 0 Å². The van der Waals surface area contributed by atoms with Gasteiger partial charge in [-0.25, -0.2) is 0 Å². The van der Waals surface area contributed by atoms with Crippen LogP contribution in [-0.4, -0.2) is 23.6 Å². The highest BCUT2D eigenvalue weighted by atomic mass is 79.9. The second-order valence-electron chi connectivity index (χ2n) is 5.23. The van der Waals surface area contributed by atoms with E-state index in [-0.39, 0.29) is 0 Å². The molecule has 0 aliphatic carbocycles. The van der Waals surface area contributed by atoms with Gasteiger partial charge < -0.3 is 10.0 Å². The lowest BCUT2D eigenvalue weighted by molar-refractivity contribution is 0.147. The quantitative estimate of drug-likeness (QED) is 0.801. The highest BCUT2D eigenvalue weighted by Crippen LogP contribution is 2.21. The number of hydrogen-bond donors (Lipinski definition) is 1. The molecule has 0 aromatic heterocycles. The zero-order chi connectivity index (χ0) is 15.2. The highest BCUT2D eigenvalue weighted by Gasteiger charge is 2.09. The third-order valence-corrected chi connectivity index (χ3v) is 4.09. The summed E-state index contributed by atoms with van der Waals surface area (Å²) in [5, 5.41) is 10.9. The van der Waals surface area contributed by atoms with Crippen LogP contribution in [0, 0.1) is 0 Å². The Hall–Kier alpha value is -0.870. The molecule has 2 aromatic carbocycles. The van der Waals surface area contributed by atoms with Gasteiger partial charge in [-0.2, -0.15) is 0 Å². The Morgan fingerprint density at radius 1 is 1.19 bits per heavy atom. The minimum absolute atomic E-state index is 0.478. The molecule has 0 bridgehead atoms. The summed E-state index contributed by atoms with van der Waals surface area (Å²) in [6.45, 7) is 1.68. The lowest BCUT2D eigenvalue weighted by Crippen LogP contribution is -2.20. The van der Waals surface area contributed by atoms with E-state index in [0.29, 0.717) is 11.4 Å². The smallest absolute Gasteiger partial charge is 0.0802 e. The van der Waals surface area contributed by atoms with Crippen molar-refractivity contribution >= 4 is 27.5 Å². The Morgan fingerprint density at radius 2 is 1.95 bits per heavy atom. The van der Waals surface area contributed by atoms with Crippen LogP contribution >= 0.6 is 27.5 Å². The van der Waals surface area contributed by atoms with E-state index in [1.54, 1.807) is 0 Å². The first-order valence-electron chi connectivity index (χ1n) is 6.91. The zero-order valence-corrected chi connectivity index (χ0v) is 14.3. The van der Waals surface area contributed by atoms with E-state index in [9.17, 15) is 5.11 Å². The Morgan fingerprint density at radius 3 is 2.67 bits per heavy atom. The maximum absolute atomic E-state index is 10.2. The van der Waals surface area contributed by atoms with Crippen molar-refractivity contribution in [1.29, 1.82) is 0 Å². The van der Waals surface area contributed by atoms with Crippen LogP contribution in [0.15, 0.2) is 53.0 Å². The van der Waals surface area contributed by atoms with Gasteiger partial charge in [-0.05, 0) is 48.9 Å². The number of hydrogen-bond acceptors (Lipinski definition) is 2. The van der Waals surface area contributed by atoms with Gasteiger partial charge in [0, 0.05) is 22.6 Å². The molecular formula is C17H19BrClNO. The van der Waals surface area contributed by atoms with Crippen LogP contribution in [0.2, 0.25) is 5.02 Å². The van der Waals surface area contributed by atoms with Gasteiger partial charge in [-0.1, -0.05) is 51.8 Å². The summed E-state index contributed by atoms with van der Waals surface area (Å²) in [5.41, 5.74) is 2.13. The van der Waals surface area contributed by atoms with Crippen molar-refractivity contribution in [1.82, 2.24) is 4.90 Å². The van der Waals surface area contributed by atoms with E-state index in [1.807, 2.05) is 36.4 Å². The van der Waals surface area contributed by atoms with Crippen LogP contribution in [0.4, 0.5) is 0 Å². The average Bonchev–Trinajstić information content (AvgIpc) is 2.45. The summed E-state index contributed by atoms with van der Waals surface area (Å²) < 4.78 is 1.09. The molecule has 0 heterocycles. The standard InChI is InChI=1S/C17H19BrClNO/c1-20(12-13-4-2-6-15(18)10-13)9-8-17(21)14-5-3-7-16(19)11-14/h2-7,10-11,17,21H,8-9,12H2,1H3. The Bertz CT molecular complexity index is 591. The molecule has 0 aliphatic heterocycles. The second-order valence-corrected chi connectivity index (χ2v) is 6.58. The molecule has 2 nitrogen and oxygen atoms in total. The van der Waals surface area contributed by atoms with Crippen molar-refractivity contribution < 1.29 is 5.11 Å². The normalized spacial score (nSPS) is 12.6. The first-order valence-corrected chi connectivity index (χ1v) is 8.08. The number of nitrogens with zero attached hydrogens (tertiary/aromatic N) is 1. The summed E-state index contributed by atoms with van der Waals surface area (Å²) in [6.07, 6.45) is 0.207. The fourth-order valence-electron chi connectivity index (χ4n) is 2.25. The molecular weight excluding hydrogens is 350 g/mol. The first-order chi connectivity index (χ1) is 10.0. The minimum atomic E-state index is -0.478. The molecule has 112 valence electrons. The second kappa shape index (κ2) is 7.95. The van der Waals surface area contributed by atoms with Gasteiger partial charge in [0.2, 0.25) is 0 Å². The largest absolute Gasteiger partial charge is 0.388 e. The molecule has 21 heavy (non-hydrogen) atoms. The molecule has 0 saturated carbocycles. The van der Waals surface area contributed by atoms with Crippen LogP contribution in [0.5, 0.6) is 0 Å². The molecule has 2 rings (SSSR count). The summed E-state index contributed by atoms with van der Waals surface area (Å²) in [6, 6.07) is 15.7. The fraction of sp³-hybridized carbons (Fsp3) is 0.294. The van der Waals surface area contributed by atoms with Crippen molar-refractivity contribution in [2.45, 2.75) is 19.1 Å². The zero-order valence-electron chi connectivity index (χ0n) is 12.0. The van der Waals surface area contributed by atoms with Gasteiger partial charge in [-0.3, -0.25) is 0 Å². The van der Waals surface area contributed by atoms with Crippen molar-refractivity contribution in [3.05, 3.63) is 69.2 Å². The van der Waals surface area contributed by atoms with Crippen LogP contribution < -0.4 is 0 Å². The third-order valence-electron chi connectivity index (χ3n) is 3.36. The molecule has 0 fully saturated rings. The Kier molecular flexibility index (Phi) is 6.24. The molecule has 0 saturated heterocycles. The molecule has 0 radical (unpaired) electrons. The highest BCUT2D eigenvalue weighted by molar-refractivity contribution is 9.10. The minimum Gasteiger partial charge on any atom is -0.388 e. The van der Waals surface area contributed by atoms with Crippen LogP contribution in [0.1, 0.15) is 23.7 Å². The van der Waals surface area contributed by atoms with Gasteiger partial charge in [0.05, 0.1) is 6.10 Å². The Balaban J connectivity index is 1.85. The van der Waals surface area contributed by atoms with E-state index >= 15 is 0 Å². The number of halogens is 2. The fourth-order valence-corrected chi connectivity index (χ4v) is 2.89. The molecule has 1 N–H and O–H groups in total. The summed E-state index contributed by atoms with van der Waals surface area (Å²) in [7, 11) is 2.06. The number of aliphatic hydroxyl groups excluding tert-OH is 1. The maximum Gasteiger partial charge on any atom is 0.0802 e. The molecule has 1 atom stereocenters. The summed E-state index contributed by atoms with van der Waals surface area (Å²) in [5.74, 6) is 0. The maximum atomic E-state index is 10.2. The first kappa shape index (κ1) is 16.5. The molecule has 4 heteroatoms. The van der Waals surface area contributed by atoms with E-state index in [4.69, 9.17) is 11.6 Å². The van der Waals surface area contributed by atoms with E-state index in [2.05, 4.69) is 40.0 Å². The third kappa shape index (κ3) is 5.44. The molecule has 2 aromatic rings. The Labute approximate surface area is 139 Å². The van der Waals surface area contributed by atoms with Crippen molar-refractivity contribution in [3.8, 4) is 0 Å². The SMILES string of the molecule is CN(CCC(O)c1cccc(Cl)c1)Cc1cccc(Br)c1. The summed E-state index contributed by atoms with van der Waals surface area (Å²) in [4.78, 5) is 2.20.